The summed E-state index contributed by atoms with van der Waals surface area (Å²) in [6.45, 7) is 14.6. The van der Waals surface area contributed by atoms with Crippen molar-refractivity contribution < 1.29 is 9.90 Å². The number of carbonyl (C=O) groups is 1. The predicted octanol–water partition coefficient (Wildman–Crippen LogP) is 5.37. The van der Waals surface area contributed by atoms with Gasteiger partial charge in [-0.05, 0) is 62.2 Å². The Kier molecular flexibility index (Phi) is 4.70. The van der Waals surface area contributed by atoms with E-state index in [9.17, 15) is 9.90 Å². The number of aliphatic carboxylic acids is 1. The molecule has 0 aromatic rings. The molecule has 22 heavy (non-hydrogen) atoms. The maximum absolute atomic E-state index is 11.9. The summed E-state index contributed by atoms with van der Waals surface area (Å²) >= 11 is 0. The minimum absolute atomic E-state index is 0.161. The fourth-order valence-electron chi connectivity index (χ4n) is 5.02. The molecule has 2 heteroatoms. The highest BCUT2D eigenvalue weighted by Gasteiger charge is 2.56. The summed E-state index contributed by atoms with van der Waals surface area (Å²) in [5.41, 5.74) is 2.47. The third kappa shape index (κ3) is 2.68. The van der Waals surface area contributed by atoms with E-state index in [2.05, 4.69) is 40.0 Å². The van der Waals surface area contributed by atoms with Crippen molar-refractivity contribution in [1.29, 1.82) is 0 Å². The van der Waals surface area contributed by atoms with E-state index in [0.717, 1.165) is 44.1 Å². The predicted molar refractivity (Wildman–Crippen MR) is 91.6 cm³/mol. The van der Waals surface area contributed by atoms with Crippen LogP contribution in [0.1, 0.15) is 59.3 Å². The molecular weight excluding hydrogens is 272 g/mol. The van der Waals surface area contributed by atoms with Gasteiger partial charge in [0.1, 0.15) is 0 Å². The van der Waals surface area contributed by atoms with Crippen LogP contribution >= 0.6 is 0 Å². The lowest BCUT2D eigenvalue weighted by molar-refractivity contribution is -0.156. The van der Waals surface area contributed by atoms with Gasteiger partial charge in [0.15, 0.2) is 0 Å². The maximum Gasteiger partial charge on any atom is 0.307 e. The largest absolute Gasteiger partial charge is 0.481 e. The van der Waals surface area contributed by atoms with Crippen LogP contribution in [-0.2, 0) is 4.79 Å². The molecule has 0 aliphatic heterocycles. The van der Waals surface area contributed by atoms with Crippen molar-refractivity contribution >= 4 is 5.97 Å². The molecule has 1 N–H and O–H groups in total. The molecule has 1 saturated carbocycles. The maximum atomic E-state index is 11.9. The summed E-state index contributed by atoms with van der Waals surface area (Å²) < 4.78 is 0. The minimum atomic E-state index is -0.624. The molecule has 122 valence electrons. The second-order valence-corrected chi connectivity index (χ2v) is 7.73. The van der Waals surface area contributed by atoms with Gasteiger partial charge in [0, 0.05) is 0 Å². The number of carboxylic acid groups (broad SMARTS) is 1. The summed E-state index contributed by atoms with van der Waals surface area (Å²) in [6, 6.07) is 0. The Morgan fingerprint density at radius 2 is 2.14 bits per heavy atom. The molecule has 4 atom stereocenters. The fraction of sp³-hybridized carbons (Fsp3) is 0.650. The first-order chi connectivity index (χ1) is 10.3. The van der Waals surface area contributed by atoms with E-state index < -0.39 is 5.97 Å². The van der Waals surface area contributed by atoms with Gasteiger partial charge in [-0.15, -0.1) is 0 Å². The third-order valence-electron chi connectivity index (χ3n) is 6.69. The molecule has 0 aromatic carbocycles. The van der Waals surface area contributed by atoms with Crippen molar-refractivity contribution in [3.63, 3.8) is 0 Å². The number of allylic oxidation sites excluding steroid dienone is 4. The van der Waals surface area contributed by atoms with Crippen LogP contribution < -0.4 is 0 Å². The molecule has 0 heterocycles. The van der Waals surface area contributed by atoms with Gasteiger partial charge in [-0.1, -0.05) is 50.3 Å². The lowest BCUT2D eigenvalue weighted by Gasteiger charge is -2.57. The average Bonchev–Trinajstić information content (AvgIpc) is 2.46. The SMILES string of the molecule is C=CC(=C)CC[C@]1(C)[C@H]2CCC=C(C)[C@]2(C)CC[C@H]1C(=O)O. The van der Waals surface area contributed by atoms with Gasteiger partial charge in [-0.25, -0.2) is 0 Å². The molecule has 2 nitrogen and oxygen atoms in total. The third-order valence-corrected chi connectivity index (χ3v) is 6.69. The highest BCUT2D eigenvalue weighted by Crippen LogP contribution is 2.62. The zero-order valence-corrected chi connectivity index (χ0v) is 14.3. The van der Waals surface area contributed by atoms with Gasteiger partial charge in [-0.2, -0.15) is 0 Å². The highest BCUT2D eigenvalue weighted by molar-refractivity contribution is 5.71. The van der Waals surface area contributed by atoms with E-state index in [1.165, 1.54) is 5.57 Å². The van der Waals surface area contributed by atoms with Crippen molar-refractivity contribution in [3.05, 3.63) is 36.5 Å². The Morgan fingerprint density at radius 3 is 2.73 bits per heavy atom. The van der Waals surface area contributed by atoms with Crippen LogP contribution in [0.4, 0.5) is 0 Å². The van der Waals surface area contributed by atoms with Crippen LogP contribution in [0.25, 0.3) is 0 Å². The molecule has 1 fully saturated rings. The quantitative estimate of drug-likeness (QED) is 0.547. The molecular formula is C20H30O2. The highest BCUT2D eigenvalue weighted by atomic mass is 16.4. The summed E-state index contributed by atoms with van der Waals surface area (Å²) in [4.78, 5) is 11.9. The Hall–Kier alpha value is -1.31. The molecule has 0 bridgehead atoms. The standard InChI is InChI=1S/C20H30O2/c1-6-14(2)10-12-20(5)16(18(21)22)11-13-19(4)15(3)8-7-9-17(19)20/h6,8,16-17H,1-2,7,9-13H2,3-5H3,(H,21,22)/t16-,17-,19-,20-/m0/s1. The van der Waals surface area contributed by atoms with E-state index in [4.69, 9.17) is 0 Å². The summed E-state index contributed by atoms with van der Waals surface area (Å²) in [7, 11) is 0. The van der Waals surface area contributed by atoms with Gasteiger partial charge in [0.2, 0.25) is 0 Å². The van der Waals surface area contributed by atoms with Crippen LogP contribution in [0.15, 0.2) is 36.5 Å². The second kappa shape index (κ2) is 6.06. The van der Waals surface area contributed by atoms with E-state index in [-0.39, 0.29) is 16.7 Å². The normalized spacial score (nSPS) is 37.9. The molecule has 0 aromatic heterocycles. The molecule has 2 aliphatic rings. The van der Waals surface area contributed by atoms with Crippen LogP contribution in [0.2, 0.25) is 0 Å². The van der Waals surface area contributed by atoms with Gasteiger partial charge in [0.25, 0.3) is 0 Å². The Bertz CT molecular complexity index is 516. The van der Waals surface area contributed by atoms with E-state index in [1.54, 1.807) is 6.08 Å². The lowest BCUT2D eigenvalue weighted by atomic mass is 9.46. The molecule has 0 saturated heterocycles. The van der Waals surface area contributed by atoms with Crippen LogP contribution in [0, 0.1) is 22.7 Å². The Balaban J connectivity index is 2.37. The Morgan fingerprint density at radius 1 is 1.45 bits per heavy atom. The molecule has 0 amide bonds. The van der Waals surface area contributed by atoms with Crippen molar-refractivity contribution in [2.45, 2.75) is 59.3 Å². The van der Waals surface area contributed by atoms with Crippen molar-refractivity contribution in [3.8, 4) is 0 Å². The van der Waals surface area contributed by atoms with Gasteiger partial charge < -0.3 is 5.11 Å². The monoisotopic (exact) mass is 302 g/mol. The van der Waals surface area contributed by atoms with Crippen molar-refractivity contribution in [2.24, 2.45) is 22.7 Å². The first-order valence-electron chi connectivity index (χ1n) is 8.46. The van der Waals surface area contributed by atoms with Crippen LogP contribution in [0.5, 0.6) is 0 Å². The summed E-state index contributed by atoms with van der Waals surface area (Å²) in [5, 5.41) is 9.78. The summed E-state index contributed by atoms with van der Waals surface area (Å²) in [5.74, 6) is -0.424. The minimum Gasteiger partial charge on any atom is -0.481 e. The van der Waals surface area contributed by atoms with E-state index in [0.29, 0.717) is 5.92 Å². The van der Waals surface area contributed by atoms with Crippen molar-refractivity contribution in [2.75, 3.05) is 0 Å². The topological polar surface area (TPSA) is 37.3 Å². The first-order valence-corrected chi connectivity index (χ1v) is 8.46. The fourth-order valence-corrected chi connectivity index (χ4v) is 5.02. The zero-order valence-electron chi connectivity index (χ0n) is 14.3. The number of fused-ring (bicyclic) bond motifs is 1. The molecule has 2 aliphatic carbocycles. The first kappa shape index (κ1) is 17.1. The summed E-state index contributed by atoms with van der Waals surface area (Å²) in [6.07, 6.45) is 9.86. The number of rotatable bonds is 5. The van der Waals surface area contributed by atoms with Crippen molar-refractivity contribution in [1.82, 2.24) is 0 Å². The van der Waals surface area contributed by atoms with E-state index >= 15 is 0 Å². The lowest BCUT2D eigenvalue weighted by Crippen LogP contribution is -2.52. The van der Waals surface area contributed by atoms with E-state index in [1.807, 2.05) is 0 Å². The second-order valence-electron chi connectivity index (χ2n) is 7.73. The average molecular weight is 302 g/mol. The van der Waals surface area contributed by atoms with Gasteiger partial charge in [0.05, 0.1) is 5.92 Å². The number of hydrogen-bond donors (Lipinski definition) is 1. The number of hydrogen-bond acceptors (Lipinski definition) is 1. The van der Waals surface area contributed by atoms with Crippen LogP contribution in [0.3, 0.4) is 0 Å². The van der Waals surface area contributed by atoms with Gasteiger partial charge in [-0.3, -0.25) is 4.79 Å². The molecule has 0 spiro atoms. The molecule has 2 rings (SSSR count). The Labute approximate surface area is 135 Å². The van der Waals surface area contributed by atoms with Gasteiger partial charge >= 0.3 is 5.97 Å². The molecule has 0 unspecified atom stereocenters. The van der Waals surface area contributed by atoms with Crippen LogP contribution in [-0.4, -0.2) is 11.1 Å². The smallest absolute Gasteiger partial charge is 0.307 e. The number of carboxylic acids is 1. The molecule has 0 radical (unpaired) electrons. The zero-order chi connectivity index (χ0) is 16.5.